The van der Waals surface area contributed by atoms with E-state index in [1.54, 1.807) is 25.3 Å². The zero-order valence-electron chi connectivity index (χ0n) is 7.37. The number of benzene rings is 1. The van der Waals surface area contributed by atoms with Crippen LogP contribution in [0.5, 0.6) is 0 Å². The van der Waals surface area contributed by atoms with Gasteiger partial charge in [0.15, 0.2) is 0 Å². The van der Waals surface area contributed by atoms with E-state index in [4.69, 9.17) is 16.1 Å². The van der Waals surface area contributed by atoms with E-state index >= 15 is 0 Å². The zero-order valence-corrected chi connectivity index (χ0v) is 7.37. The summed E-state index contributed by atoms with van der Waals surface area (Å²) in [6, 6.07) is 5.23. The number of nitrogens with two attached hydrogens (primary N) is 1. The summed E-state index contributed by atoms with van der Waals surface area (Å²) in [5, 5.41) is 3.31. The van der Waals surface area contributed by atoms with E-state index in [1.165, 1.54) is 0 Å². The summed E-state index contributed by atoms with van der Waals surface area (Å²) >= 11 is 0. The van der Waals surface area contributed by atoms with Crippen molar-refractivity contribution in [2.45, 2.75) is 6.61 Å². The third-order valence-corrected chi connectivity index (χ3v) is 1.67. The lowest BCUT2D eigenvalue weighted by atomic mass is 10.1. The third kappa shape index (κ3) is 2.24. The lowest BCUT2D eigenvalue weighted by Crippen LogP contribution is -2.09. The fourth-order valence-electron chi connectivity index (χ4n) is 1.07. The molecule has 1 aromatic carbocycles. The number of hydrogen-bond acceptors (Lipinski definition) is 5. The standard InChI is InChI=1S/C8H12N4O/c1-13-5-6-4-7(11-9)2-3-8(6)12-10/h2-4,9,12H,5,10H2,1H3. The molecule has 70 valence electrons. The number of anilines is 1. The van der Waals surface area contributed by atoms with E-state index in [1.807, 2.05) is 0 Å². The first kappa shape index (κ1) is 9.63. The molecular weight excluding hydrogens is 168 g/mol. The van der Waals surface area contributed by atoms with Gasteiger partial charge in [-0.15, -0.1) is 0 Å². The summed E-state index contributed by atoms with van der Waals surface area (Å²) in [6.45, 7) is 0.447. The lowest BCUT2D eigenvalue weighted by Gasteiger charge is -2.07. The highest BCUT2D eigenvalue weighted by Crippen LogP contribution is 2.22. The Labute approximate surface area is 76.4 Å². The predicted octanol–water partition coefficient (Wildman–Crippen LogP) is 1.78. The molecule has 5 heteroatoms. The molecule has 0 aliphatic rings. The summed E-state index contributed by atoms with van der Waals surface area (Å²) in [5.74, 6) is 5.29. The topological polar surface area (TPSA) is 83.5 Å². The van der Waals surface area contributed by atoms with Crippen LogP contribution in [0.2, 0.25) is 0 Å². The molecule has 5 nitrogen and oxygen atoms in total. The molecule has 0 unspecified atom stereocenters. The Balaban J connectivity index is 3.02. The molecule has 13 heavy (non-hydrogen) atoms. The number of nitrogens with one attached hydrogen (secondary N) is 2. The highest BCUT2D eigenvalue weighted by atomic mass is 16.5. The first-order valence-corrected chi connectivity index (χ1v) is 3.77. The molecule has 0 aliphatic carbocycles. The van der Waals surface area contributed by atoms with Gasteiger partial charge in [-0.25, -0.2) is 5.53 Å². The number of methoxy groups -OCH3 is 1. The van der Waals surface area contributed by atoms with Crippen molar-refractivity contribution in [3.8, 4) is 0 Å². The first-order valence-electron chi connectivity index (χ1n) is 3.77. The van der Waals surface area contributed by atoms with Crippen LogP contribution in [0.15, 0.2) is 23.3 Å². The molecule has 0 amide bonds. The van der Waals surface area contributed by atoms with Crippen LogP contribution in [0.25, 0.3) is 0 Å². The lowest BCUT2D eigenvalue weighted by molar-refractivity contribution is 0.185. The second kappa shape index (κ2) is 4.54. The van der Waals surface area contributed by atoms with Gasteiger partial charge in [-0.2, -0.15) is 5.11 Å². The van der Waals surface area contributed by atoms with Crippen LogP contribution in [0.4, 0.5) is 11.4 Å². The van der Waals surface area contributed by atoms with E-state index < -0.39 is 0 Å². The Kier molecular flexibility index (Phi) is 3.36. The van der Waals surface area contributed by atoms with Gasteiger partial charge in [-0.1, -0.05) is 0 Å². The number of hydrazine groups is 1. The number of rotatable bonds is 4. The van der Waals surface area contributed by atoms with Gasteiger partial charge in [-0.3, -0.25) is 5.84 Å². The van der Waals surface area contributed by atoms with Crippen LogP contribution < -0.4 is 11.3 Å². The molecule has 0 saturated carbocycles. The molecule has 0 spiro atoms. The smallest absolute Gasteiger partial charge is 0.0855 e. The number of nitrogen functional groups attached to an aromatic ring is 1. The van der Waals surface area contributed by atoms with Crippen molar-refractivity contribution in [2.24, 2.45) is 11.0 Å². The van der Waals surface area contributed by atoms with Crippen LogP contribution in [0, 0.1) is 5.53 Å². The molecule has 0 bridgehead atoms. The van der Waals surface area contributed by atoms with Gasteiger partial charge in [-0.05, 0) is 18.2 Å². The molecular formula is C8H12N4O. The van der Waals surface area contributed by atoms with E-state index in [9.17, 15) is 0 Å². The Hall–Kier alpha value is -1.46. The molecule has 0 heterocycles. The van der Waals surface area contributed by atoms with Crippen molar-refractivity contribution >= 4 is 11.4 Å². The Bertz CT molecular complexity index is 300. The normalized spacial score (nSPS) is 9.69. The van der Waals surface area contributed by atoms with Crippen LogP contribution in [0.1, 0.15) is 5.56 Å². The molecule has 0 saturated heterocycles. The number of ether oxygens (including phenoxy) is 1. The molecule has 0 atom stereocenters. The molecule has 0 radical (unpaired) electrons. The minimum absolute atomic E-state index is 0.447. The molecule has 0 fully saturated rings. The maximum Gasteiger partial charge on any atom is 0.0855 e. The van der Waals surface area contributed by atoms with Crippen LogP contribution in [-0.4, -0.2) is 7.11 Å². The van der Waals surface area contributed by atoms with Gasteiger partial charge >= 0.3 is 0 Å². The number of hydrogen-bond donors (Lipinski definition) is 3. The van der Waals surface area contributed by atoms with E-state index in [-0.39, 0.29) is 0 Å². The molecule has 4 N–H and O–H groups in total. The maximum absolute atomic E-state index is 6.83. The van der Waals surface area contributed by atoms with E-state index in [0.717, 1.165) is 11.3 Å². The average Bonchev–Trinajstić information content (AvgIpc) is 2.18. The summed E-state index contributed by atoms with van der Waals surface area (Å²) in [7, 11) is 1.60. The molecule has 0 aromatic heterocycles. The molecule has 1 rings (SSSR count). The Morgan fingerprint density at radius 1 is 1.62 bits per heavy atom. The van der Waals surface area contributed by atoms with Crippen LogP contribution in [0.3, 0.4) is 0 Å². The molecule has 0 aliphatic heterocycles. The van der Waals surface area contributed by atoms with Gasteiger partial charge in [0.05, 0.1) is 18.0 Å². The summed E-state index contributed by atoms with van der Waals surface area (Å²) in [6.07, 6.45) is 0. The van der Waals surface area contributed by atoms with Crippen molar-refractivity contribution in [1.29, 1.82) is 5.53 Å². The quantitative estimate of drug-likeness (QED) is 0.375. The number of nitrogens with zero attached hydrogens (tertiary/aromatic N) is 1. The van der Waals surface area contributed by atoms with Crippen LogP contribution in [-0.2, 0) is 11.3 Å². The fraction of sp³-hybridized carbons (Fsp3) is 0.250. The monoisotopic (exact) mass is 180 g/mol. The van der Waals surface area contributed by atoms with Gasteiger partial charge in [0.1, 0.15) is 0 Å². The highest BCUT2D eigenvalue weighted by Gasteiger charge is 2.01. The Morgan fingerprint density at radius 2 is 2.38 bits per heavy atom. The van der Waals surface area contributed by atoms with Gasteiger partial charge < -0.3 is 10.2 Å². The third-order valence-electron chi connectivity index (χ3n) is 1.67. The largest absolute Gasteiger partial charge is 0.380 e. The molecule has 1 aromatic rings. The second-order valence-corrected chi connectivity index (χ2v) is 2.53. The SMILES string of the molecule is COCc1cc(N=N)ccc1NN. The summed E-state index contributed by atoms with van der Waals surface area (Å²) in [4.78, 5) is 0. The van der Waals surface area contributed by atoms with Crippen molar-refractivity contribution in [1.82, 2.24) is 0 Å². The maximum atomic E-state index is 6.83. The van der Waals surface area contributed by atoms with Crippen LogP contribution >= 0.6 is 0 Å². The second-order valence-electron chi connectivity index (χ2n) is 2.53. The van der Waals surface area contributed by atoms with Crippen molar-refractivity contribution in [2.75, 3.05) is 12.5 Å². The first-order chi connectivity index (χ1) is 6.31. The van der Waals surface area contributed by atoms with E-state index in [2.05, 4.69) is 10.5 Å². The predicted molar refractivity (Wildman–Crippen MR) is 49.8 cm³/mol. The average molecular weight is 180 g/mol. The summed E-state index contributed by atoms with van der Waals surface area (Å²) in [5.41, 5.74) is 11.6. The fourth-order valence-corrected chi connectivity index (χ4v) is 1.07. The van der Waals surface area contributed by atoms with Gasteiger partial charge in [0.2, 0.25) is 0 Å². The van der Waals surface area contributed by atoms with Gasteiger partial charge in [0, 0.05) is 12.7 Å². The minimum atomic E-state index is 0.447. The minimum Gasteiger partial charge on any atom is -0.380 e. The Morgan fingerprint density at radius 3 is 2.92 bits per heavy atom. The summed E-state index contributed by atoms with van der Waals surface area (Å²) < 4.78 is 4.97. The van der Waals surface area contributed by atoms with Crippen molar-refractivity contribution in [3.05, 3.63) is 23.8 Å². The van der Waals surface area contributed by atoms with Crippen molar-refractivity contribution in [3.63, 3.8) is 0 Å². The van der Waals surface area contributed by atoms with Crippen molar-refractivity contribution < 1.29 is 4.74 Å². The van der Waals surface area contributed by atoms with E-state index in [0.29, 0.717) is 12.3 Å². The zero-order chi connectivity index (χ0) is 9.68. The van der Waals surface area contributed by atoms with Gasteiger partial charge in [0.25, 0.3) is 0 Å². The highest BCUT2D eigenvalue weighted by molar-refractivity contribution is 5.56.